The number of hydrogen-bond donors (Lipinski definition) is 1. The Hall–Kier alpha value is -0.640. The van der Waals surface area contributed by atoms with E-state index in [-0.39, 0.29) is 0 Å². The van der Waals surface area contributed by atoms with Gasteiger partial charge in [-0.3, -0.25) is 0 Å². The van der Waals surface area contributed by atoms with Crippen LogP contribution in [0.2, 0.25) is 0 Å². The van der Waals surface area contributed by atoms with E-state index < -0.39 is 6.04 Å². The van der Waals surface area contributed by atoms with Crippen LogP contribution in [-0.2, 0) is 0 Å². The number of nitrogens with zero attached hydrogens (tertiary/aromatic N) is 3. The second kappa shape index (κ2) is 4.40. The van der Waals surface area contributed by atoms with Crippen molar-refractivity contribution < 1.29 is 0 Å². The summed E-state index contributed by atoms with van der Waals surface area (Å²) in [6.07, 6.45) is 0. The molecule has 0 aliphatic rings. The van der Waals surface area contributed by atoms with Gasteiger partial charge in [0.1, 0.15) is 11.9 Å². The maximum atomic E-state index is 8.40. The summed E-state index contributed by atoms with van der Waals surface area (Å²) < 4.78 is 4.88. The predicted octanol–water partition coefficient (Wildman–Crippen LogP) is 0.789. The molecule has 0 saturated carbocycles. The Bertz CT molecular complexity index is 290. The summed E-state index contributed by atoms with van der Waals surface area (Å²) in [5.41, 5.74) is 5.40. The van der Waals surface area contributed by atoms with Crippen LogP contribution < -0.4 is 5.73 Å². The quantitative estimate of drug-likeness (QED) is 0.730. The SMILES string of the molecule is Cc1nsc(SCC(N)C#N)n1. The van der Waals surface area contributed by atoms with Gasteiger partial charge in [0.15, 0.2) is 4.34 Å². The Morgan fingerprint density at radius 2 is 2.58 bits per heavy atom. The topological polar surface area (TPSA) is 75.6 Å². The monoisotopic (exact) mass is 200 g/mol. The number of rotatable bonds is 3. The van der Waals surface area contributed by atoms with Crippen LogP contribution in [0.3, 0.4) is 0 Å². The highest BCUT2D eigenvalue weighted by Crippen LogP contribution is 2.19. The lowest BCUT2D eigenvalue weighted by Gasteiger charge is -1.96. The van der Waals surface area contributed by atoms with Gasteiger partial charge in [0.25, 0.3) is 0 Å². The van der Waals surface area contributed by atoms with Crippen LogP contribution in [0.15, 0.2) is 4.34 Å². The fourth-order valence-corrected chi connectivity index (χ4v) is 2.08. The van der Waals surface area contributed by atoms with E-state index in [9.17, 15) is 0 Å². The van der Waals surface area contributed by atoms with Gasteiger partial charge in [0, 0.05) is 5.75 Å². The van der Waals surface area contributed by atoms with Crippen LogP contribution in [0.25, 0.3) is 0 Å². The molecule has 6 heteroatoms. The Labute approximate surface area is 79.0 Å². The first kappa shape index (κ1) is 9.45. The molecule has 0 aromatic carbocycles. The number of nitriles is 1. The molecular weight excluding hydrogens is 192 g/mol. The molecule has 0 fully saturated rings. The van der Waals surface area contributed by atoms with E-state index in [2.05, 4.69) is 9.36 Å². The minimum absolute atomic E-state index is 0.417. The number of aryl methyl sites for hydroxylation is 1. The second-order valence-electron chi connectivity index (χ2n) is 2.15. The Kier molecular flexibility index (Phi) is 3.47. The van der Waals surface area contributed by atoms with E-state index in [0.717, 1.165) is 10.2 Å². The van der Waals surface area contributed by atoms with Gasteiger partial charge in [-0.15, -0.1) is 0 Å². The summed E-state index contributed by atoms with van der Waals surface area (Å²) in [5, 5.41) is 8.40. The van der Waals surface area contributed by atoms with Crippen molar-refractivity contribution in [3.63, 3.8) is 0 Å². The van der Waals surface area contributed by atoms with Gasteiger partial charge in [0.2, 0.25) is 0 Å². The van der Waals surface area contributed by atoms with Crippen LogP contribution in [0.1, 0.15) is 5.82 Å². The average Bonchev–Trinajstić information content (AvgIpc) is 2.47. The fraction of sp³-hybridized carbons (Fsp3) is 0.500. The maximum absolute atomic E-state index is 8.40. The van der Waals surface area contributed by atoms with Gasteiger partial charge >= 0.3 is 0 Å². The standard InChI is InChI=1S/C6H8N4S2/c1-4-9-6(12-10-4)11-3-5(8)2-7/h5H,3,8H2,1H3. The highest BCUT2D eigenvalue weighted by Gasteiger charge is 2.04. The average molecular weight is 200 g/mol. The minimum Gasteiger partial charge on any atom is -0.315 e. The normalized spacial score (nSPS) is 12.4. The van der Waals surface area contributed by atoms with Crippen LogP contribution in [0.5, 0.6) is 0 Å². The smallest absolute Gasteiger partial charge is 0.170 e. The summed E-state index contributed by atoms with van der Waals surface area (Å²) in [7, 11) is 0. The molecule has 1 aromatic heterocycles. The molecule has 4 nitrogen and oxygen atoms in total. The van der Waals surface area contributed by atoms with Crippen LogP contribution in [0, 0.1) is 18.3 Å². The van der Waals surface area contributed by atoms with Gasteiger partial charge in [-0.25, -0.2) is 4.98 Å². The molecule has 0 bridgehead atoms. The lowest BCUT2D eigenvalue weighted by molar-refractivity contribution is 0.952. The molecular formula is C6H8N4S2. The minimum atomic E-state index is -0.417. The maximum Gasteiger partial charge on any atom is 0.170 e. The molecule has 12 heavy (non-hydrogen) atoms. The summed E-state index contributed by atoms with van der Waals surface area (Å²) >= 11 is 2.81. The summed E-state index contributed by atoms with van der Waals surface area (Å²) in [5.74, 6) is 1.35. The summed E-state index contributed by atoms with van der Waals surface area (Å²) in [4.78, 5) is 4.12. The van der Waals surface area contributed by atoms with Crippen molar-refractivity contribution in [2.24, 2.45) is 5.73 Å². The molecule has 1 rings (SSSR count). The zero-order valence-electron chi connectivity index (χ0n) is 6.52. The molecule has 0 radical (unpaired) electrons. The molecule has 1 unspecified atom stereocenters. The lowest BCUT2D eigenvalue weighted by Crippen LogP contribution is -2.19. The summed E-state index contributed by atoms with van der Waals surface area (Å²) in [6.45, 7) is 1.84. The molecule has 64 valence electrons. The van der Waals surface area contributed by atoms with Crippen molar-refractivity contribution in [1.29, 1.82) is 5.26 Å². The molecule has 0 aliphatic carbocycles. The first-order valence-electron chi connectivity index (χ1n) is 3.30. The zero-order valence-corrected chi connectivity index (χ0v) is 8.15. The predicted molar refractivity (Wildman–Crippen MR) is 49.0 cm³/mol. The first-order chi connectivity index (χ1) is 5.72. The molecule has 1 aromatic rings. The van der Waals surface area contributed by atoms with Crippen molar-refractivity contribution >= 4 is 23.3 Å². The van der Waals surface area contributed by atoms with Crippen molar-refractivity contribution in [2.45, 2.75) is 17.3 Å². The molecule has 1 heterocycles. The van der Waals surface area contributed by atoms with Gasteiger partial charge in [-0.05, 0) is 18.5 Å². The van der Waals surface area contributed by atoms with E-state index in [0.29, 0.717) is 5.75 Å². The molecule has 2 N–H and O–H groups in total. The molecule has 0 saturated heterocycles. The molecule has 0 spiro atoms. The van der Waals surface area contributed by atoms with Gasteiger partial charge in [-0.1, -0.05) is 11.8 Å². The number of hydrogen-bond acceptors (Lipinski definition) is 6. The van der Waals surface area contributed by atoms with Crippen molar-refractivity contribution in [3.8, 4) is 6.07 Å². The van der Waals surface area contributed by atoms with E-state index >= 15 is 0 Å². The highest BCUT2D eigenvalue weighted by molar-refractivity contribution is 8.00. The first-order valence-corrected chi connectivity index (χ1v) is 5.06. The molecule has 1 atom stereocenters. The van der Waals surface area contributed by atoms with E-state index in [1.807, 2.05) is 13.0 Å². The summed E-state index contributed by atoms with van der Waals surface area (Å²) in [6, 6.07) is 1.54. The van der Waals surface area contributed by atoms with Crippen molar-refractivity contribution in [1.82, 2.24) is 9.36 Å². The number of aromatic nitrogens is 2. The highest BCUT2D eigenvalue weighted by atomic mass is 32.2. The Balaban J connectivity index is 2.39. The largest absolute Gasteiger partial charge is 0.315 e. The van der Waals surface area contributed by atoms with Crippen molar-refractivity contribution in [2.75, 3.05) is 5.75 Å². The second-order valence-corrected chi connectivity index (χ2v) is 4.17. The lowest BCUT2D eigenvalue weighted by atomic mass is 10.4. The molecule has 0 amide bonds. The van der Waals surface area contributed by atoms with E-state index in [1.54, 1.807) is 0 Å². The van der Waals surface area contributed by atoms with Crippen LogP contribution in [-0.4, -0.2) is 21.2 Å². The van der Waals surface area contributed by atoms with Crippen LogP contribution >= 0.6 is 23.3 Å². The van der Waals surface area contributed by atoms with E-state index in [4.69, 9.17) is 11.0 Å². The van der Waals surface area contributed by atoms with Crippen molar-refractivity contribution in [3.05, 3.63) is 5.82 Å². The van der Waals surface area contributed by atoms with E-state index in [1.165, 1.54) is 23.3 Å². The third kappa shape index (κ3) is 2.77. The number of thioether (sulfide) groups is 1. The third-order valence-corrected chi connectivity index (χ3v) is 3.11. The Morgan fingerprint density at radius 3 is 3.08 bits per heavy atom. The molecule has 0 aliphatic heterocycles. The fourth-order valence-electron chi connectivity index (χ4n) is 0.535. The van der Waals surface area contributed by atoms with Crippen LogP contribution in [0.4, 0.5) is 0 Å². The van der Waals surface area contributed by atoms with Gasteiger partial charge in [0.05, 0.1) is 6.07 Å². The number of nitrogens with two attached hydrogens (primary N) is 1. The van der Waals surface area contributed by atoms with Gasteiger partial charge in [-0.2, -0.15) is 9.64 Å². The zero-order chi connectivity index (χ0) is 8.97. The Morgan fingerprint density at radius 1 is 1.83 bits per heavy atom. The third-order valence-electron chi connectivity index (χ3n) is 1.06. The van der Waals surface area contributed by atoms with Gasteiger partial charge < -0.3 is 5.73 Å².